The summed E-state index contributed by atoms with van der Waals surface area (Å²) in [6.45, 7) is 8.12. The Morgan fingerprint density at radius 2 is 1.73 bits per heavy atom. The molecule has 0 bridgehead atoms. The van der Waals surface area contributed by atoms with Crippen LogP contribution in [0.25, 0.3) is 0 Å². The van der Waals surface area contributed by atoms with Crippen LogP contribution in [-0.4, -0.2) is 72.8 Å². The van der Waals surface area contributed by atoms with E-state index >= 15 is 0 Å². The van der Waals surface area contributed by atoms with Gasteiger partial charge >= 0.3 is 5.97 Å². The van der Waals surface area contributed by atoms with Crippen LogP contribution < -0.4 is 10.1 Å². The minimum atomic E-state index is -1.10. The van der Waals surface area contributed by atoms with Crippen molar-refractivity contribution < 1.29 is 28.7 Å². The molecule has 0 aliphatic carbocycles. The molecule has 216 valence electrons. The van der Waals surface area contributed by atoms with Gasteiger partial charge in [0.25, 0.3) is 0 Å². The van der Waals surface area contributed by atoms with E-state index in [2.05, 4.69) is 19.2 Å². The number of methoxy groups -OCH3 is 1. The van der Waals surface area contributed by atoms with E-state index in [4.69, 9.17) is 9.47 Å². The van der Waals surface area contributed by atoms with Gasteiger partial charge in [0.05, 0.1) is 19.8 Å². The smallest absolute Gasteiger partial charge is 0.328 e. The van der Waals surface area contributed by atoms with E-state index in [0.29, 0.717) is 29.7 Å². The van der Waals surface area contributed by atoms with Gasteiger partial charge in [0.15, 0.2) is 12.1 Å². The van der Waals surface area contributed by atoms with E-state index in [-0.39, 0.29) is 30.5 Å². The van der Waals surface area contributed by atoms with Gasteiger partial charge < -0.3 is 19.7 Å². The fraction of sp³-hybridized carbons (Fsp3) is 0.484. The summed E-state index contributed by atoms with van der Waals surface area (Å²) in [5.74, 6) is -0.727. The lowest BCUT2D eigenvalue weighted by molar-refractivity contribution is -0.149. The van der Waals surface area contributed by atoms with Crippen LogP contribution >= 0.6 is 0 Å². The van der Waals surface area contributed by atoms with E-state index in [0.717, 1.165) is 6.29 Å². The second-order valence-electron chi connectivity index (χ2n) is 10.8. The van der Waals surface area contributed by atoms with Gasteiger partial charge in [-0.3, -0.25) is 19.3 Å². The molecule has 1 aliphatic rings. The molecule has 0 spiro atoms. The van der Waals surface area contributed by atoms with Crippen molar-refractivity contribution in [2.45, 2.75) is 64.8 Å². The van der Waals surface area contributed by atoms with Crippen LogP contribution in [0.1, 0.15) is 62.6 Å². The Bertz CT molecular complexity index is 1150. The molecule has 2 amide bonds. The SMILES string of the molecule is CC[C@H](C)[C@H](NC(=O)[C@H]([C@@H](Oc1ccc(C=O)cc1)c1ccccc1)N1CN(C)[C@@H](CC(C)C)C1=O)C(=O)OC. The third-order valence-electron chi connectivity index (χ3n) is 7.43. The summed E-state index contributed by atoms with van der Waals surface area (Å²) in [6.07, 6.45) is 1.11. The van der Waals surface area contributed by atoms with Gasteiger partial charge in [0.1, 0.15) is 18.1 Å². The highest BCUT2D eigenvalue weighted by atomic mass is 16.5. The molecule has 0 radical (unpaired) electrons. The van der Waals surface area contributed by atoms with E-state index in [9.17, 15) is 19.2 Å². The van der Waals surface area contributed by atoms with Crippen molar-refractivity contribution in [2.75, 3.05) is 20.8 Å². The van der Waals surface area contributed by atoms with Crippen molar-refractivity contribution in [1.29, 1.82) is 0 Å². The first-order valence-electron chi connectivity index (χ1n) is 13.8. The summed E-state index contributed by atoms with van der Waals surface area (Å²) in [6, 6.07) is 13.4. The Morgan fingerprint density at radius 1 is 1.07 bits per heavy atom. The summed E-state index contributed by atoms with van der Waals surface area (Å²) in [5, 5.41) is 2.89. The largest absolute Gasteiger partial charge is 0.483 e. The number of likely N-dealkylation sites (N-methyl/N-ethyl adjacent to an activating group) is 1. The van der Waals surface area contributed by atoms with Crippen molar-refractivity contribution in [1.82, 2.24) is 15.1 Å². The summed E-state index contributed by atoms with van der Waals surface area (Å²) < 4.78 is 11.4. The molecule has 40 heavy (non-hydrogen) atoms. The molecule has 0 saturated carbocycles. The molecule has 1 heterocycles. The molecule has 9 nitrogen and oxygen atoms in total. The third kappa shape index (κ3) is 7.27. The van der Waals surface area contributed by atoms with Crippen molar-refractivity contribution in [3.8, 4) is 5.75 Å². The lowest BCUT2D eigenvalue weighted by Gasteiger charge is -2.35. The first-order chi connectivity index (χ1) is 19.1. The molecule has 5 atom stereocenters. The molecular formula is C31H41N3O6. The van der Waals surface area contributed by atoms with E-state index in [1.807, 2.05) is 56.1 Å². The number of rotatable bonds is 13. The zero-order valence-corrected chi connectivity index (χ0v) is 24.2. The van der Waals surface area contributed by atoms with E-state index in [1.165, 1.54) is 7.11 Å². The van der Waals surface area contributed by atoms with E-state index < -0.39 is 30.1 Å². The Kier molecular flexibility index (Phi) is 10.8. The molecule has 1 aliphatic heterocycles. The van der Waals surface area contributed by atoms with Crippen molar-refractivity contribution >= 4 is 24.1 Å². The quantitative estimate of drug-likeness (QED) is 0.298. The Labute approximate surface area is 236 Å². The Morgan fingerprint density at radius 3 is 2.27 bits per heavy atom. The van der Waals surface area contributed by atoms with Gasteiger partial charge in [0, 0.05) is 5.56 Å². The molecule has 2 aromatic carbocycles. The van der Waals surface area contributed by atoms with Gasteiger partial charge in [-0.15, -0.1) is 0 Å². The number of esters is 1. The predicted octanol–water partition coefficient (Wildman–Crippen LogP) is 3.84. The zero-order chi connectivity index (χ0) is 29.4. The highest BCUT2D eigenvalue weighted by molar-refractivity contribution is 5.93. The molecule has 0 unspecified atom stereocenters. The molecule has 0 aromatic heterocycles. The van der Waals surface area contributed by atoms with Crippen LogP contribution in [-0.2, 0) is 19.1 Å². The highest BCUT2D eigenvalue weighted by Crippen LogP contribution is 2.32. The van der Waals surface area contributed by atoms with Crippen molar-refractivity contribution in [3.05, 3.63) is 65.7 Å². The lowest BCUT2D eigenvalue weighted by Crippen LogP contribution is -2.57. The zero-order valence-electron chi connectivity index (χ0n) is 24.2. The third-order valence-corrected chi connectivity index (χ3v) is 7.43. The van der Waals surface area contributed by atoms with Gasteiger partial charge in [-0.05, 0) is 55.1 Å². The average molecular weight is 552 g/mol. The maximum absolute atomic E-state index is 14.2. The molecule has 2 aromatic rings. The van der Waals surface area contributed by atoms with Gasteiger partial charge in [-0.2, -0.15) is 0 Å². The van der Waals surface area contributed by atoms with E-state index in [1.54, 1.807) is 29.2 Å². The Balaban J connectivity index is 2.10. The predicted molar refractivity (Wildman–Crippen MR) is 152 cm³/mol. The molecule has 3 rings (SSSR count). The first kappa shape index (κ1) is 30.8. The summed E-state index contributed by atoms with van der Waals surface area (Å²) in [4.78, 5) is 55.4. The molecule has 9 heteroatoms. The number of carbonyl (C=O) groups excluding carboxylic acids is 4. The number of hydrogen-bond donors (Lipinski definition) is 1. The van der Waals surface area contributed by atoms with Crippen molar-refractivity contribution in [2.24, 2.45) is 11.8 Å². The maximum atomic E-state index is 14.2. The van der Waals surface area contributed by atoms with Crippen molar-refractivity contribution in [3.63, 3.8) is 0 Å². The summed E-state index contributed by atoms with van der Waals surface area (Å²) in [7, 11) is 3.16. The minimum Gasteiger partial charge on any atom is -0.483 e. The fourth-order valence-corrected chi connectivity index (χ4v) is 4.95. The van der Waals surface area contributed by atoms with Crippen LogP contribution in [0.5, 0.6) is 5.75 Å². The van der Waals surface area contributed by atoms with Crippen LogP contribution in [0.3, 0.4) is 0 Å². The normalized spacial score (nSPS) is 18.6. The summed E-state index contributed by atoms with van der Waals surface area (Å²) >= 11 is 0. The summed E-state index contributed by atoms with van der Waals surface area (Å²) in [5.41, 5.74) is 1.17. The second kappa shape index (κ2) is 14.1. The fourth-order valence-electron chi connectivity index (χ4n) is 4.95. The number of amides is 2. The van der Waals surface area contributed by atoms with Crippen LogP contribution in [0.15, 0.2) is 54.6 Å². The Hall–Kier alpha value is -3.72. The average Bonchev–Trinajstić information content (AvgIpc) is 3.23. The molecule has 1 saturated heterocycles. The van der Waals surface area contributed by atoms with Gasteiger partial charge in [-0.1, -0.05) is 64.4 Å². The maximum Gasteiger partial charge on any atom is 0.328 e. The number of carbonyl (C=O) groups is 4. The van der Waals surface area contributed by atoms with Gasteiger partial charge in [-0.25, -0.2) is 4.79 Å². The molecule has 1 fully saturated rings. The number of hydrogen-bond acceptors (Lipinski definition) is 7. The number of nitrogens with one attached hydrogen (secondary N) is 1. The number of nitrogens with zero attached hydrogens (tertiary/aromatic N) is 2. The lowest BCUT2D eigenvalue weighted by atomic mass is 9.96. The standard InChI is InChI=1S/C31H41N3O6/c1-7-21(4)26(31(38)39-6)32-29(36)27(34-19-33(5)25(30(34)37)17-20(2)3)28(23-11-9-8-10-12-23)40-24-15-13-22(18-35)14-16-24/h8-16,18,20-21,25-28H,7,17,19H2,1-6H3,(H,32,36)/t21-,25-,26-,27-,28-/m0/s1. The van der Waals surface area contributed by atoms with Crippen LogP contribution in [0.2, 0.25) is 0 Å². The van der Waals surface area contributed by atoms with Gasteiger partial charge in [0.2, 0.25) is 11.8 Å². The first-order valence-corrected chi connectivity index (χ1v) is 13.8. The highest BCUT2D eigenvalue weighted by Gasteiger charge is 2.47. The molecular weight excluding hydrogens is 510 g/mol. The monoisotopic (exact) mass is 551 g/mol. The topological polar surface area (TPSA) is 105 Å². The second-order valence-corrected chi connectivity index (χ2v) is 10.8. The number of aldehydes is 1. The van der Waals surface area contributed by atoms with Crippen LogP contribution in [0, 0.1) is 11.8 Å². The molecule has 1 N–H and O–H groups in total. The number of benzene rings is 2. The number of ether oxygens (including phenoxy) is 2. The minimum absolute atomic E-state index is 0.171. The van der Waals surface area contributed by atoms with Crippen LogP contribution in [0.4, 0.5) is 0 Å².